The summed E-state index contributed by atoms with van der Waals surface area (Å²) in [6.45, 7) is 0. The van der Waals surface area contributed by atoms with Crippen LogP contribution in [-0.4, -0.2) is 26.9 Å². The highest BCUT2D eigenvalue weighted by atomic mass is 32.2. The van der Waals surface area contributed by atoms with Crippen molar-refractivity contribution in [1.82, 2.24) is 4.31 Å². The summed E-state index contributed by atoms with van der Waals surface area (Å²) in [4.78, 5) is 0. The fourth-order valence-corrected chi connectivity index (χ4v) is 5.31. The molecule has 1 aliphatic rings. The third kappa shape index (κ3) is 3.78. The van der Waals surface area contributed by atoms with Crippen molar-refractivity contribution >= 4 is 16.1 Å². The molecule has 5 nitrogen and oxygen atoms in total. The zero-order chi connectivity index (χ0) is 21.1. The molecule has 0 aliphatic carbocycles. The smallest absolute Gasteiger partial charge is 0.239 e. The minimum absolute atomic E-state index is 0.0792. The van der Waals surface area contributed by atoms with Crippen molar-refractivity contribution in [3.8, 4) is 11.5 Å². The molecule has 1 aliphatic heterocycles. The van der Waals surface area contributed by atoms with Gasteiger partial charge in [-0.25, -0.2) is 8.42 Å². The summed E-state index contributed by atoms with van der Waals surface area (Å²) in [5.41, 5.74) is 3.37. The minimum atomic E-state index is -3.64. The SMILES string of the molecule is COc1cc2c(cc1OC)C(c1ccccc1)N(S(=O)(=O)Cc1ccccc1)C=C2. The molecule has 1 heterocycles. The lowest BCUT2D eigenvalue weighted by Gasteiger charge is -2.35. The van der Waals surface area contributed by atoms with Gasteiger partial charge in [0.05, 0.1) is 26.0 Å². The van der Waals surface area contributed by atoms with Gasteiger partial charge in [0, 0.05) is 6.20 Å². The second-order valence-electron chi connectivity index (χ2n) is 7.04. The molecule has 3 aromatic carbocycles. The maximum Gasteiger partial charge on any atom is 0.239 e. The van der Waals surface area contributed by atoms with Crippen LogP contribution in [0.1, 0.15) is 28.3 Å². The van der Waals surface area contributed by atoms with E-state index in [0.29, 0.717) is 11.5 Å². The standard InChI is InChI=1S/C24H23NO4S/c1-28-22-15-20-13-14-25(30(26,27)17-18-9-5-3-6-10-18)24(19-11-7-4-8-12-19)21(20)16-23(22)29-2/h3-16,24H,17H2,1-2H3. The van der Waals surface area contributed by atoms with Crippen LogP contribution < -0.4 is 9.47 Å². The number of ether oxygens (including phenoxy) is 2. The van der Waals surface area contributed by atoms with E-state index in [2.05, 4.69) is 0 Å². The lowest BCUT2D eigenvalue weighted by molar-refractivity contribution is 0.353. The summed E-state index contributed by atoms with van der Waals surface area (Å²) < 4.78 is 39.2. The van der Waals surface area contributed by atoms with Crippen LogP contribution in [0.3, 0.4) is 0 Å². The molecule has 0 saturated carbocycles. The Morgan fingerprint density at radius 1 is 0.867 bits per heavy atom. The maximum absolute atomic E-state index is 13.4. The Morgan fingerprint density at radius 2 is 1.47 bits per heavy atom. The van der Waals surface area contributed by atoms with Crippen LogP contribution in [0.2, 0.25) is 0 Å². The third-order valence-electron chi connectivity index (χ3n) is 5.17. The van der Waals surface area contributed by atoms with Gasteiger partial charge in [-0.15, -0.1) is 0 Å². The van der Waals surface area contributed by atoms with E-state index in [0.717, 1.165) is 22.3 Å². The first-order chi connectivity index (χ1) is 14.5. The Kier molecular flexibility index (Phi) is 5.50. The van der Waals surface area contributed by atoms with E-state index in [9.17, 15) is 8.42 Å². The molecule has 0 bridgehead atoms. The van der Waals surface area contributed by atoms with Crippen LogP contribution >= 0.6 is 0 Å². The van der Waals surface area contributed by atoms with Gasteiger partial charge in [0.2, 0.25) is 10.0 Å². The number of hydrogen-bond donors (Lipinski definition) is 0. The van der Waals surface area contributed by atoms with E-state index < -0.39 is 16.1 Å². The second kappa shape index (κ2) is 8.24. The Hall–Kier alpha value is -3.25. The van der Waals surface area contributed by atoms with Gasteiger partial charge in [0.1, 0.15) is 0 Å². The first-order valence-electron chi connectivity index (χ1n) is 9.57. The highest BCUT2D eigenvalue weighted by Crippen LogP contribution is 2.42. The largest absolute Gasteiger partial charge is 0.493 e. The molecule has 3 aromatic rings. The Bertz CT molecular complexity index is 1160. The minimum Gasteiger partial charge on any atom is -0.493 e. The number of fused-ring (bicyclic) bond motifs is 1. The molecule has 0 N–H and O–H groups in total. The second-order valence-corrected chi connectivity index (χ2v) is 8.91. The lowest BCUT2D eigenvalue weighted by atomic mass is 9.92. The highest BCUT2D eigenvalue weighted by Gasteiger charge is 2.34. The van der Waals surface area contributed by atoms with Crippen LogP contribution in [0.15, 0.2) is 79.0 Å². The Balaban J connectivity index is 1.84. The lowest BCUT2D eigenvalue weighted by Crippen LogP contribution is -2.34. The van der Waals surface area contributed by atoms with Crippen molar-refractivity contribution < 1.29 is 17.9 Å². The monoisotopic (exact) mass is 421 g/mol. The number of methoxy groups -OCH3 is 2. The molecule has 0 saturated heterocycles. The number of rotatable bonds is 6. The van der Waals surface area contributed by atoms with E-state index in [1.807, 2.05) is 72.8 Å². The van der Waals surface area contributed by atoms with E-state index >= 15 is 0 Å². The number of sulfonamides is 1. The zero-order valence-corrected chi connectivity index (χ0v) is 17.7. The summed E-state index contributed by atoms with van der Waals surface area (Å²) >= 11 is 0. The van der Waals surface area contributed by atoms with Crippen LogP contribution in [0.25, 0.3) is 6.08 Å². The fourth-order valence-electron chi connectivity index (χ4n) is 3.74. The molecule has 0 amide bonds. The van der Waals surface area contributed by atoms with Crippen molar-refractivity contribution in [3.05, 3.63) is 101 Å². The quantitative estimate of drug-likeness (QED) is 0.583. The van der Waals surface area contributed by atoms with Crippen molar-refractivity contribution in [2.45, 2.75) is 11.8 Å². The summed E-state index contributed by atoms with van der Waals surface area (Å²) in [7, 11) is -0.478. The third-order valence-corrected chi connectivity index (χ3v) is 6.84. The van der Waals surface area contributed by atoms with Crippen molar-refractivity contribution in [2.24, 2.45) is 0 Å². The normalized spacial score (nSPS) is 15.5. The first kappa shape index (κ1) is 20.0. The molecule has 0 fully saturated rings. The van der Waals surface area contributed by atoms with Crippen LogP contribution in [-0.2, 0) is 15.8 Å². The van der Waals surface area contributed by atoms with Crippen molar-refractivity contribution in [3.63, 3.8) is 0 Å². The van der Waals surface area contributed by atoms with E-state index in [-0.39, 0.29) is 5.75 Å². The van der Waals surface area contributed by atoms with Gasteiger partial charge >= 0.3 is 0 Å². The molecule has 0 spiro atoms. The molecule has 4 rings (SSSR count). The molecule has 154 valence electrons. The van der Waals surface area contributed by atoms with Crippen molar-refractivity contribution in [2.75, 3.05) is 14.2 Å². The summed E-state index contributed by atoms with van der Waals surface area (Å²) in [5, 5.41) is 0. The molecule has 1 unspecified atom stereocenters. The highest BCUT2D eigenvalue weighted by molar-refractivity contribution is 7.88. The topological polar surface area (TPSA) is 55.8 Å². The predicted octanol–water partition coefficient (Wildman–Crippen LogP) is 4.61. The van der Waals surface area contributed by atoms with E-state index in [4.69, 9.17) is 9.47 Å². The van der Waals surface area contributed by atoms with Gasteiger partial charge in [-0.1, -0.05) is 60.7 Å². The number of hydrogen-bond acceptors (Lipinski definition) is 4. The molecule has 6 heteroatoms. The van der Waals surface area contributed by atoms with Gasteiger partial charge in [-0.3, -0.25) is 4.31 Å². The Labute approximate surface area is 177 Å². The molecule has 1 atom stereocenters. The molecule has 30 heavy (non-hydrogen) atoms. The van der Waals surface area contributed by atoms with Crippen LogP contribution in [0, 0.1) is 0 Å². The average molecular weight is 422 g/mol. The average Bonchev–Trinajstić information content (AvgIpc) is 2.78. The Morgan fingerprint density at radius 3 is 2.10 bits per heavy atom. The first-order valence-corrected chi connectivity index (χ1v) is 11.2. The summed E-state index contributed by atoms with van der Waals surface area (Å²) in [5.74, 6) is 1.09. The predicted molar refractivity (Wildman–Crippen MR) is 118 cm³/mol. The van der Waals surface area contributed by atoms with E-state index in [1.165, 1.54) is 4.31 Å². The molecular weight excluding hydrogens is 398 g/mol. The fraction of sp³-hybridized carbons (Fsp3) is 0.167. The molecule has 0 aromatic heterocycles. The van der Waals surface area contributed by atoms with Gasteiger partial charge in [0.25, 0.3) is 0 Å². The van der Waals surface area contributed by atoms with Crippen molar-refractivity contribution in [1.29, 1.82) is 0 Å². The van der Waals surface area contributed by atoms with Gasteiger partial charge in [-0.05, 0) is 40.5 Å². The van der Waals surface area contributed by atoms with Gasteiger partial charge < -0.3 is 9.47 Å². The molecule has 0 radical (unpaired) electrons. The maximum atomic E-state index is 13.4. The summed E-state index contributed by atoms with van der Waals surface area (Å²) in [6.07, 6.45) is 3.45. The summed E-state index contributed by atoms with van der Waals surface area (Å²) in [6, 6.07) is 22.1. The van der Waals surface area contributed by atoms with Crippen LogP contribution in [0.4, 0.5) is 0 Å². The van der Waals surface area contributed by atoms with Crippen LogP contribution in [0.5, 0.6) is 11.5 Å². The number of nitrogens with zero attached hydrogens (tertiary/aromatic N) is 1. The van der Waals surface area contributed by atoms with Gasteiger partial charge in [0.15, 0.2) is 11.5 Å². The zero-order valence-electron chi connectivity index (χ0n) is 16.9. The molecular formula is C24H23NO4S. The number of benzene rings is 3. The van der Waals surface area contributed by atoms with Gasteiger partial charge in [-0.2, -0.15) is 0 Å². The van der Waals surface area contributed by atoms with E-state index in [1.54, 1.807) is 26.5 Å².